The van der Waals surface area contributed by atoms with Crippen LogP contribution in [-0.2, 0) is 0 Å². The predicted molar refractivity (Wildman–Crippen MR) is 77.5 cm³/mol. The number of hydrogen-bond acceptors (Lipinski definition) is 3. The van der Waals surface area contributed by atoms with Crippen molar-refractivity contribution in [3.63, 3.8) is 0 Å². The summed E-state index contributed by atoms with van der Waals surface area (Å²) in [7, 11) is 1.71. The van der Waals surface area contributed by atoms with Crippen LogP contribution >= 0.6 is 23.2 Å². The van der Waals surface area contributed by atoms with E-state index in [4.69, 9.17) is 23.2 Å². The molecule has 0 saturated heterocycles. The Morgan fingerprint density at radius 2 is 1.95 bits per heavy atom. The second-order valence-corrected chi connectivity index (χ2v) is 5.69. The van der Waals surface area contributed by atoms with Gasteiger partial charge >= 0.3 is 0 Å². The van der Waals surface area contributed by atoms with E-state index >= 15 is 0 Å². The monoisotopic (exact) mass is 316 g/mol. The summed E-state index contributed by atoms with van der Waals surface area (Å²) in [5.41, 5.74) is -0.150. The third-order valence-corrected chi connectivity index (χ3v) is 4.44. The fraction of sp³-hybridized carbons (Fsp3) is 0.462. The fourth-order valence-corrected chi connectivity index (χ4v) is 2.88. The van der Waals surface area contributed by atoms with E-state index in [0.717, 1.165) is 25.7 Å². The number of halogens is 2. The Hall–Kier alpha value is -1.33. The number of nitro benzene ring substituents is 1. The lowest BCUT2D eigenvalue weighted by molar-refractivity contribution is -0.384. The smallest absolute Gasteiger partial charge is 0.290 e. The molecular weight excluding hydrogens is 303 g/mol. The maximum atomic E-state index is 12.4. The molecule has 1 aliphatic rings. The molecular formula is C13H14Cl2N2O3. The van der Waals surface area contributed by atoms with Crippen LogP contribution in [0.25, 0.3) is 0 Å². The maximum Gasteiger partial charge on any atom is 0.290 e. The van der Waals surface area contributed by atoms with Crippen LogP contribution in [0.3, 0.4) is 0 Å². The summed E-state index contributed by atoms with van der Waals surface area (Å²) in [5, 5.41) is 10.8. The third-order valence-electron chi connectivity index (χ3n) is 3.65. The van der Waals surface area contributed by atoms with Crippen molar-refractivity contribution in [1.82, 2.24) is 4.90 Å². The molecule has 1 aromatic carbocycles. The molecule has 0 aromatic heterocycles. The molecule has 0 bridgehead atoms. The first kappa shape index (κ1) is 15.1. The van der Waals surface area contributed by atoms with Crippen LogP contribution in [0.1, 0.15) is 36.0 Å². The van der Waals surface area contributed by atoms with Gasteiger partial charge in [-0.25, -0.2) is 0 Å². The lowest BCUT2D eigenvalue weighted by atomic mass is 10.1. The van der Waals surface area contributed by atoms with Gasteiger partial charge < -0.3 is 4.90 Å². The van der Waals surface area contributed by atoms with Gasteiger partial charge in [0.25, 0.3) is 11.6 Å². The minimum atomic E-state index is -0.638. The van der Waals surface area contributed by atoms with Crippen LogP contribution in [0.4, 0.5) is 5.69 Å². The van der Waals surface area contributed by atoms with Crippen LogP contribution < -0.4 is 0 Å². The summed E-state index contributed by atoms with van der Waals surface area (Å²) in [5.74, 6) is -0.265. The Labute approximate surface area is 126 Å². The Balaban J connectivity index is 2.32. The normalized spacial score (nSPS) is 15.3. The Morgan fingerprint density at radius 1 is 1.35 bits per heavy atom. The van der Waals surface area contributed by atoms with Crippen LogP contribution in [-0.4, -0.2) is 28.8 Å². The van der Waals surface area contributed by atoms with Gasteiger partial charge in [-0.1, -0.05) is 36.0 Å². The Kier molecular flexibility index (Phi) is 4.50. The van der Waals surface area contributed by atoms with Crippen LogP contribution in [0, 0.1) is 10.1 Å². The van der Waals surface area contributed by atoms with Gasteiger partial charge in [-0.05, 0) is 18.9 Å². The minimum Gasteiger partial charge on any atom is -0.339 e. The molecule has 0 atom stereocenters. The van der Waals surface area contributed by atoms with Gasteiger partial charge in [-0.15, -0.1) is 0 Å². The first-order chi connectivity index (χ1) is 9.41. The SMILES string of the molecule is CN(C(=O)c1cc(Cl)c(Cl)c([N+](=O)[O-])c1)C1CCCC1. The van der Waals surface area contributed by atoms with Crippen LogP contribution in [0.2, 0.25) is 10.0 Å². The number of rotatable bonds is 3. The lowest BCUT2D eigenvalue weighted by Gasteiger charge is -2.24. The third kappa shape index (κ3) is 2.88. The molecule has 0 radical (unpaired) electrons. The zero-order chi connectivity index (χ0) is 14.9. The van der Waals surface area contributed by atoms with Gasteiger partial charge in [-0.3, -0.25) is 14.9 Å². The zero-order valence-electron chi connectivity index (χ0n) is 10.9. The Morgan fingerprint density at radius 3 is 2.50 bits per heavy atom. The molecule has 0 N–H and O–H groups in total. The highest BCUT2D eigenvalue weighted by atomic mass is 35.5. The first-order valence-electron chi connectivity index (χ1n) is 6.32. The van der Waals surface area contributed by atoms with Gasteiger partial charge in [-0.2, -0.15) is 0 Å². The molecule has 108 valence electrons. The van der Waals surface area contributed by atoms with Crippen molar-refractivity contribution in [2.45, 2.75) is 31.7 Å². The van der Waals surface area contributed by atoms with E-state index in [1.54, 1.807) is 11.9 Å². The number of nitro groups is 1. The van der Waals surface area contributed by atoms with Crippen molar-refractivity contribution in [2.75, 3.05) is 7.05 Å². The van der Waals surface area contributed by atoms with Crippen molar-refractivity contribution in [3.05, 3.63) is 37.9 Å². The Bertz CT molecular complexity index is 557. The highest BCUT2D eigenvalue weighted by Crippen LogP contribution is 2.34. The van der Waals surface area contributed by atoms with Crippen molar-refractivity contribution >= 4 is 34.8 Å². The van der Waals surface area contributed by atoms with E-state index in [9.17, 15) is 14.9 Å². The van der Waals surface area contributed by atoms with E-state index in [1.807, 2.05) is 0 Å². The second-order valence-electron chi connectivity index (χ2n) is 4.90. The molecule has 20 heavy (non-hydrogen) atoms. The van der Waals surface area contributed by atoms with E-state index in [0.29, 0.717) is 0 Å². The lowest BCUT2D eigenvalue weighted by Crippen LogP contribution is -2.35. The zero-order valence-corrected chi connectivity index (χ0v) is 12.4. The number of carbonyl (C=O) groups excluding carboxylic acids is 1. The molecule has 1 saturated carbocycles. The summed E-state index contributed by atoms with van der Waals surface area (Å²) in [4.78, 5) is 24.3. The summed E-state index contributed by atoms with van der Waals surface area (Å²) in [6.45, 7) is 0. The van der Waals surface area contributed by atoms with Crippen molar-refractivity contribution < 1.29 is 9.72 Å². The van der Waals surface area contributed by atoms with Gasteiger partial charge in [0, 0.05) is 24.7 Å². The first-order valence-corrected chi connectivity index (χ1v) is 7.08. The summed E-state index contributed by atoms with van der Waals surface area (Å²) < 4.78 is 0. The van der Waals surface area contributed by atoms with E-state index in [-0.39, 0.29) is 33.2 Å². The average molecular weight is 317 g/mol. The predicted octanol–water partition coefficient (Wildman–Crippen LogP) is 3.92. The molecule has 2 rings (SSSR count). The van der Waals surface area contributed by atoms with Crippen molar-refractivity contribution in [2.24, 2.45) is 0 Å². The largest absolute Gasteiger partial charge is 0.339 e. The molecule has 0 aliphatic heterocycles. The highest BCUT2D eigenvalue weighted by molar-refractivity contribution is 6.43. The van der Waals surface area contributed by atoms with Gasteiger partial charge in [0.2, 0.25) is 0 Å². The molecule has 1 aliphatic carbocycles. The van der Waals surface area contributed by atoms with E-state index in [2.05, 4.69) is 0 Å². The quantitative estimate of drug-likeness (QED) is 0.627. The van der Waals surface area contributed by atoms with E-state index in [1.165, 1.54) is 12.1 Å². The van der Waals surface area contributed by atoms with Crippen molar-refractivity contribution in [3.8, 4) is 0 Å². The summed E-state index contributed by atoms with van der Waals surface area (Å²) in [6, 6.07) is 2.75. The molecule has 1 fully saturated rings. The number of nitrogens with zero attached hydrogens (tertiary/aromatic N) is 2. The molecule has 5 nitrogen and oxygen atoms in total. The van der Waals surface area contributed by atoms with Gasteiger partial charge in [0.05, 0.1) is 9.95 Å². The topological polar surface area (TPSA) is 63.5 Å². The number of benzene rings is 1. The fourth-order valence-electron chi connectivity index (χ4n) is 2.49. The molecule has 0 heterocycles. The second kappa shape index (κ2) is 5.97. The van der Waals surface area contributed by atoms with Crippen molar-refractivity contribution in [1.29, 1.82) is 0 Å². The minimum absolute atomic E-state index is 0.0176. The standard InChI is InChI=1S/C13H14Cl2N2O3/c1-16(9-4-2-3-5-9)13(18)8-6-10(14)12(15)11(7-8)17(19)20/h6-7,9H,2-5H2,1H3. The summed E-state index contributed by atoms with van der Waals surface area (Å²) in [6.07, 6.45) is 4.13. The maximum absolute atomic E-state index is 12.4. The summed E-state index contributed by atoms with van der Waals surface area (Å²) >= 11 is 11.6. The molecule has 1 amide bonds. The molecule has 1 aromatic rings. The van der Waals surface area contributed by atoms with Gasteiger partial charge in [0.1, 0.15) is 5.02 Å². The van der Waals surface area contributed by atoms with Gasteiger partial charge in [0.15, 0.2) is 0 Å². The number of amides is 1. The molecule has 0 unspecified atom stereocenters. The van der Waals surface area contributed by atoms with E-state index < -0.39 is 4.92 Å². The average Bonchev–Trinajstić information content (AvgIpc) is 2.93. The molecule has 7 heteroatoms. The highest BCUT2D eigenvalue weighted by Gasteiger charge is 2.27. The molecule has 0 spiro atoms. The number of hydrogen-bond donors (Lipinski definition) is 0. The number of carbonyl (C=O) groups is 1. The van der Waals surface area contributed by atoms with Crippen LogP contribution in [0.5, 0.6) is 0 Å². The van der Waals surface area contributed by atoms with Crippen LogP contribution in [0.15, 0.2) is 12.1 Å².